The van der Waals surface area contributed by atoms with Crippen molar-refractivity contribution in [2.75, 3.05) is 6.54 Å². The Hall–Kier alpha value is -0.690. The van der Waals surface area contributed by atoms with E-state index >= 15 is 0 Å². The van der Waals surface area contributed by atoms with Gasteiger partial charge in [-0.1, -0.05) is 18.5 Å². The summed E-state index contributed by atoms with van der Waals surface area (Å²) in [5.41, 5.74) is 5.59. The molecule has 0 radical (unpaired) electrons. The lowest BCUT2D eigenvalue weighted by Crippen LogP contribution is -2.36. The molecule has 0 aliphatic heterocycles. The van der Waals surface area contributed by atoms with E-state index in [1.54, 1.807) is 0 Å². The van der Waals surface area contributed by atoms with E-state index in [9.17, 15) is 12.8 Å². The molecular formula is C10H14ClFN2O2S. The van der Waals surface area contributed by atoms with Crippen LogP contribution in [0.25, 0.3) is 0 Å². The third-order valence-corrected chi connectivity index (χ3v) is 4.15. The summed E-state index contributed by atoms with van der Waals surface area (Å²) in [5.74, 6) is -0.658. The highest BCUT2D eigenvalue weighted by Crippen LogP contribution is 2.21. The van der Waals surface area contributed by atoms with Gasteiger partial charge in [0.15, 0.2) is 0 Å². The number of nitrogens with one attached hydrogen (secondary N) is 1. The Kier molecular flexibility index (Phi) is 4.88. The number of nitrogens with two attached hydrogens (primary N) is 1. The summed E-state index contributed by atoms with van der Waals surface area (Å²) in [6.07, 6.45) is 0.638. The van der Waals surface area contributed by atoms with E-state index in [0.717, 1.165) is 12.1 Å². The highest BCUT2D eigenvalue weighted by atomic mass is 35.5. The van der Waals surface area contributed by atoms with Gasteiger partial charge in [0, 0.05) is 12.6 Å². The number of rotatable bonds is 5. The van der Waals surface area contributed by atoms with Crippen molar-refractivity contribution in [2.45, 2.75) is 24.3 Å². The second-order valence-electron chi connectivity index (χ2n) is 3.59. The molecule has 0 heterocycles. The van der Waals surface area contributed by atoms with Gasteiger partial charge in [-0.25, -0.2) is 17.5 Å². The van der Waals surface area contributed by atoms with Crippen LogP contribution in [0.3, 0.4) is 0 Å². The lowest BCUT2D eigenvalue weighted by Gasteiger charge is -2.11. The third kappa shape index (κ3) is 3.92. The fraction of sp³-hybridized carbons (Fsp3) is 0.400. The van der Waals surface area contributed by atoms with Gasteiger partial charge in [-0.2, -0.15) is 0 Å². The maximum Gasteiger partial charge on any atom is 0.242 e. The van der Waals surface area contributed by atoms with Crippen LogP contribution in [0.5, 0.6) is 0 Å². The summed E-state index contributed by atoms with van der Waals surface area (Å²) in [5, 5.41) is -0.0241. The predicted molar refractivity (Wildman–Crippen MR) is 64.9 cm³/mol. The standard InChI is InChI=1S/C10H14ClFN2O2S/c1-2-8(13)6-14-17(15,16)10-5-7(12)3-4-9(10)11/h3-5,8,14H,2,6,13H2,1H3. The molecule has 0 saturated heterocycles. The van der Waals surface area contributed by atoms with Crippen molar-refractivity contribution in [3.63, 3.8) is 0 Å². The van der Waals surface area contributed by atoms with E-state index in [1.165, 1.54) is 6.07 Å². The average molecular weight is 281 g/mol. The van der Waals surface area contributed by atoms with Crippen molar-refractivity contribution in [3.05, 3.63) is 29.0 Å². The Bertz CT molecular complexity index is 493. The molecule has 1 rings (SSSR count). The maximum atomic E-state index is 13.0. The van der Waals surface area contributed by atoms with E-state index in [1.807, 2.05) is 6.92 Å². The summed E-state index contributed by atoms with van der Waals surface area (Å²) in [4.78, 5) is -0.275. The molecule has 0 amide bonds. The van der Waals surface area contributed by atoms with E-state index in [2.05, 4.69) is 4.72 Å². The van der Waals surface area contributed by atoms with Crippen LogP contribution >= 0.6 is 11.6 Å². The van der Waals surface area contributed by atoms with Crippen molar-refractivity contribution in [2.24, 2.45) is 5.73 Å². The lowest BCUT2D eigenvalue weighted by molar-refractivity contribution is 0.561. The zero-order chi connectivity index (χ0) is 13.1. The molecule has 1 aromatic rings. The number of halogens is 2. The van der Waals surface area contributed by atoms with Crippen LogP contribution in [0.1, 0.15) is 13.3 Å². The highest BCUT2D eigenvalue weighted by molar-refractivity contribution is 7.89. The largest absolute Gasteiger partial charge is 0.327 e. The second-order valence-corrected chi connectivity index (χ2v) is 5.74. The smallest absolute Gasteiger partial charge is 0.242 e. The molecule has 1 unspecified atom stereocenters. The Labute approximate surface area is 105 Å². The van der Waals surface area contributed by atoms with Crippen LogP contribution in [0.15, 0.2) is 23.1 Å². The molecule has 0 saturated carbocycles. The second kappa shape index (κ2) is 5.77. The molecule has 1 atom stereocenters. The Morgan fingerprint density at radius 2 is 2.18 bits per heavy atom. The fourth-order valence-electron chi connectivity index (χ4n) is 1.12. The first-order valence-corrected chi connectivity index (χ1v) is 6.93. The van der Waals surface area contributed by atoms with Gasteiger partial charge in [-0.3, -0.25) is 0 Å². The van der Waals surface area contributed by atoms with Gasteiger partial charge in [0.2, 0.25) is 10.0 Å². The van der Waals surface area contributed by atoms with Gasteiger partial charge in [0.05, 0.1) is 5.02 Å². The van der Waals surface area contributed by atoms with Crippen molar-refractivity contribution in [1.82, 2.24) is 4.72 Å². The normalized spacial score (nSPS) is 13.6. The van der Waals surface area contributed by atoms with Crippen LogP contribution in [0.4, 0.5) is 4.39 Å². The van der Waals surface area contributed by atoms with Crippen molar-refractivity contribution < 1.29 is 12.8 Å². The van der Waals surface area contributed by atoms with Crippen LogP contribution in [0.2, 0.25) is 5.02 Å². The average Bonchev–Trinajstić information content (AvgIpc) is 2.29. The SMILES string of the molecule is CCC(N)CNS(=O)(=O)c1cc(F)ccc1Cl. The zero-order valence-electron chi connectivity index (χ0n) is 9.28. The van der Waals surface area contributed by atoms with Gasteiger partial charge in [0.1, 0.15) is 10.7 Å². The van der Waals surface area contributed by atoms with Gasteiger partial charge in [-0.05, 0) is 24.6 Å². The summed E-state index contributed by atoms with van der Waals surface area (Å²) in [6, 6.07) is 2.89. The van der Waals surface area contributed by atoms with E-state index < -0.39 is 15.8 Å². The van der Waals surface area contributed by atoms with Crippen LogP contribution in [-0.4, -0.2) is 21.0 Å². The molecule has 0 spiro atoms. The molecule has 0 bridgehead atoms. The minimum Gasteiger partial charge on any atom is -0.327 e. The molecule has 0 aliphatic carbocycles. The topological polar surface area (TPSA) is 72.2 Å². The summed E-state index contributed by atoms with van der Waals surface area (Å²) >= 11 is 5.71. The summed E-state index contributed by atoms with van der Waals surface area (Å²) < 4.78 is 38.9. The van der Waals surface area contributed by atoms with Crippen LogP contribution in [0, 0.1) is 5.82 Å². The molecule has 0 aliphatic rings. The van der Waals surface area contributed by atoms with Gasteiger partial charge < -0.3 is 5.73 Å². The molecule has 4 nitrogen and oxygen atoms in total. The van der Waals surface area contributed by atoms with Gasteiger partial charge in [0.25, 0.3) is 0 Å². The lowest BCUT2D eigenvalue weighted by atomic mass is 10.2. The van der Waals surface area contributed by atoms with E-state index in [0.29, 0.717) is 6.42 Å². The molecular weight excluding hydrogens is 267 g/mol. The predicted octanol–water partition coefficient (Wildman–Crippen LogP) is 1.49. The number of hydrogen-bond donors (Lipinski definition) is 2. The number of hydrogen-bond acceptors (Lipinski definition) is 3. The molecule has 3 N–H and O–H groups in total. The molecule has 0 aromatic heterocycles. The number of benzene rings is 1. The van der Waals surface area contributed by atoms with Gasteiger partial charge >= 0.3 is 0 Å². The first-order chi connectivity index (χ1) is 7.86. The van der Waals surface area contributed by atoms with E-state index in [-0.39, 0.29) is 22.5 Å². The molecule has 96 valence electrons. The monoisotopic (exact) mass is 280 g/mol. The number of sulfonamides is 1. The Morgan fingerprint density at radius 1 is 1.53 bits per heavy atom. The van der Waals surface area contributed by atoms with E-state index in [4.69, 9.17) is 17.3 Å². The zero-order valence-corrected chi connectivity index (χ0v) is 10.9. The van der Waals surface area contributed by atoms with Crippen molar-refractivity contribution in [3.8, 4) is 0 Å². The van der Waals surface area contributed by atoms with Gasteiger partial charge in [-0.15, -0.1) is 0 Å². The van der Waals surface area contributed by atoms with Crippen LogP contribution < -0.4 is 10.5 Å². The van der Waals surface area contributed by atoms with Crippen molar-refractivity contribution >= 4 is 21.6 Å². The molecule has 1 aromatic carbocycles. The highest BCUT2D eigenvalue weighted by Gasteiger charge is 2.19. The Balaban J connectivity index is 2.93. The minimum absolute atomic E-state index is 0.0241. The summed E-state index contributed by atoms with van der Waals surface area (Å²) in [7, 11) is -3.82. The molecule has 0 fully saturated rings. The third-order valence-electron chi connectivity index (χ3n) is 2.24. The summed E-state index contributed by atoms with van der Waals surface area (Å²) in [6.45, 7) is 1.93. The maximum absolute atomic E-state index is 13.0. The Morgan fingerprint density at radius 3 is 2.76 bits per heavy atom. The first-order valence-electron chi connectivity index (χ1n) is 5.07. The quantitative estimate of drug-likeness (QED) is 0.858. The molecule has 17 heavy (non-hydrogen) atoms. The molecule has 7 heteroatoms. The minimum atomic E-state index is -3.82. The fourth-order valence-corrected chi connectivity index (χ4v) is 2.73. The first kappa shape index (κ1) is 14.4. The van der Waals surface area contributed by atoms with Crippen molar-refractivity contribution in [1.29, 1.82) is 0 Å². The van der Waals surface area contributed by atoms with Crippen LogP contribution in [-0.2, 0) is 10.0 Å².